The maximum atomic E-state index is 13.3. The lowest BCUT2D eigenvalue weighted by Crippen LogP contribution is -2.42. The van der Waals surface area contributed by atoms with Gasteiger partial charge in [0.2, 0.25) is 0 Å². The van der Waals surface area contributed by atoms with E-state index in [1.165, 1.54) is 12.1 Å². The Kier molecular flexibility index (Phi) is 5.51. The molecule has 110 valence electrons. The Morgan fingerprint density at radius 1 is 1.50 bits per heavy atom. The van der Waals surface area contributed by atoms with Crippen molar-refractivity contribution in [3.63, 3.8) is 0 Å². The third-order valence-electron chi connectivity index (χ3n) is 3.09. The van der Waals surface area contributed by atoms with E-state index < -0.39 is 11.9 Å². The largest absolute Gasteiger partial charge is 0.386 e. The van der Waals surface area contributed by atoms with Crippen LogP contribution >= 0.6 is 23.4 Å². The molecule has 1 saturated heterocycles. The molecule has 2 rings (SSSR count). The van der Waals surface area contributed by atoms with Crippen LogP contribution in [-0.2, 0) is 0 Å². The fourth-order valence-corrected chi connectivity index (χ4v) is 2.92. The van der Waals surface area contributed by atoms with Gasteiger partial charge in [0.15, 0.2) is 5.96 Å². The highest BCUT2D eigenvalue weighted by Gasteiger charge is 2.14. The summed E-state index contributed by atoms with van der Waals surface area (Å²) in [6, 6.07) is 4.22. The standard InChI is InChI=1S/C13H17ClFN3OS/c14-10-2-1-9(7-11(10)15)12(19)8-17-13(16)18-3-5-20-6-4-18/h1-2,7,12,19H,3-6,8H2,(H2,16,17). The van der Waals surface area contributed by atoms with Gasteiger partial charge in [0.05, 0.1) is 17.7 Å². The quantitative estimate of drug-likeness (QED) is 0.660. The summed E-state index contributed by atoms with van der Waals surface area (Å²) >= 11 is 7.49. The molecule has 0 amide bonds. The predicted molar refractivity (Wildman–Crippen MR) is 81.8 cm³/mol. The molecule has 1 aliphatic rings. The number of guanidine groups is 1. The van der Waals surface area contributed by atoms with E-state index in [0.717, 1.165) is 24.6 Å². The summed E-state index contributed by atoms with van der Waals surface area (Å²) in [7, 11) is 0. The molecule has 0 bridgehead atoms. The number of hydrogen-bond donors (Lipinski definition) is 2. The van der Waals surface area contributed by atoms with Gasteiger partial charge in [-0.15, -0.1) is 0 Å². The summed E-state index contributed by atoms with van der Waals surface area (Å²) in [6.45, 7) is 1.84. The monoisotopic (exact) mass is 317 g/mol. The van der Waals surface area contributed by atoms with Gasteiger partial charge in [-0.1, -0.05) is 17.7 Å². The number of aliphatic hydroxyl groups is 1. The van der Waals surface area contributed by atoms with Gasteiger partial charge >= 0.3 is 0 Å². The van der Waals surface area contributed by atoms with E-state index in [2.05, 4.69) is 4.99 Å². The topological polar surface area (TPSA) is 61.9 Å². The summed E-state index contributed by atoms with van der Waals surface area (Å²) in [5, 5.41) is 10.0. The van der Waals surface area contributed by atoms with Crippen LogP contribution in [0.25, 0.3) is 0 Å². The number of rotatable bonds is 3. The molecule has 1 fully saturated rings. The lowest BCUT2D eigenvalue weighted by atomic mass is 10.1. The molecule has 1 atom stereocenters. The number of nitrogens with zero attached hydrogens (tertiary/aromatic N) is 2. The van der Waals surface area contributed by atoms with Gasteiger partial charge < -0.3 is 15.7 Å². The maximum Gasteiger partial charge on any atom is 0.191 e. The van der Waals surface area contributed by atoms with E-state index in [4.69, 9.17) is 17.3 Å². The number of benzene rings is 1. The zero-order valence-electron chi connectivity index (χ0n) is 10.9. The minimum atomic E-state index is -0.889. The van der Waals surface area contributed by atoms with E-state index in [9.17, 15) is 9.50 Å². The van der Waals surface area contributed by atoms with Crippen LogP contribution in [0.3, 0.4) is 0 Å². The first-order chi connectivity index (χ1) is 9.58. The lowest BCUT2D eigenvalue weighted by Gasteiger charge is -2.27. The van der Waals surface area contributed by atoms with Gasteiger partial charge in [-0.25, -0.2) is 4.39 Å². The zero-order chi connectivity index (χ0) is 14.5. The van der Waals surface area contributed by atoms with E-state index in [0.29, 0.717) is 11.5 Å². The third-order valence-corrected chi connectivity index (χ3v) is 4.34. The van der Waals surface area contributed by atoms with Gasteiger partial charge in [0.1, 0.15) is 5.82 Å². The van der Waals surface area contributed by atoms with E-state index in [1.807, 2.05) is 16.7 Å². The Bertz CT molecular complexity index is 495. The van der Waals surface area contributed by atoms with Crippen molar-refractivity contribution >= 4 is 29.3 Å². The molecule has 1 unspecified atom stereocenters. The smallest absolute Gasteiger partial charge is 0.191 e. The molecule has 0 saturated carbocycles. The highest BCUT2D eigenvalue weighted by Crippen LogP contribution is 2.20. The minimum Gasteiger partial charge on any atom is -0.386 e. The number of hydrogen-bond acceptors (Lipinski definition) is 3. The van der Waals surface area contributed by atoms with Gasteiger partial charge in [-0.2, -0.15) is 11.8 Å². The molecule has 0 radical (unpaired) electrons. The van der Waals surface area contributed by atoms with Crippen LogP contribution in [0.1, 0.15) is 11.7 Å². The second-order valence-corrected chi connectivity index (χ2v) is 6.12. The lowest BCUT2D eigenvalue weighted by molar-refractivity contribution is 0.186. The van der Waals surface area contributed by atoms with Crippen LogP contribution in [0.2, 0.25) is 5.02 Å². The third kappa shape index (κ3) is 4.01. The SMILES string of the molecule is NC(=NCC(O)c1ccc(Cl)c(F)c1)N1CCSCC1. The summed E-state index contributed by atoms with van der Waals surface area (Å²) in [4.78, 5) is 6.17. The zero-order valence-corrected chi connectivity index (χ0v) is 12.5. The van der Waals surface area contributed by atoms with Crippen molar-refractivity contribution in [2.24, 2.45) is 10.7 Å². The van der Waals surface area contributed by atoms with Gasteiger partial charge in [-0.05, 0) is 17.7 Å². The van der Waals surface area contributed by atoms with Crippen molar-refractivity contribution in [1.82, 2.24) is 4.90 Å². The molecule has 0 spiro atoms. The van der Waals surface area contributed by atoms with Crippen LogP contribution in [-0.4, -0.2) is 47.1 Å². The molecule has 20 heavy (non-hydrogen) atoms. The molecule has 7 heteroatoms. The minimum absolute atomic E-state index is 0.0368. The molecule has 4 nitrogen and oxygen atoms in total. The first-order valence-corrected chi connectivity index (χ1v) is 7.87. The molecule has 1 aliphatic heterocycles. The highest BCUT2D eigenvalue weighted by molar-refractivity contribution is 7.99. The molecule has 0 aliphatic carbocycles. The molecular weight excluding hydrogens is 301 g/mol. The number of halogens is 2. The Balaban J connectivity index is 1.96. The van der Waals surface area contributed by atoms with Crippen molar-refractivity contribution in [2.45, 2.75) is 6.10 Å². The van der Waals surface area contributed by atoms with Gasteiger partial charge in [-0.3, -0.25) is 4.99 Å². The van der Waals surface area contributed by atoms with Crippen LogP contribution in [0.4, 0.5) is 4.39 Å². The van der Waals surface area contributed by atoms with Crippen LogP contribution in [0.5, 0.6) is 0 Å². The van der Waals surface area contributed by atoms with Gasteiger partial charge in [0.25, 0.3) is 0 Å². The molecule has 0 aromatic heterocycles. The fraction of sp³-hybridized carbons (Fsp3) is 0.462. The van der Waals surface area contributed by atoms with Crippen molar-refractivity contribution in [2.75, 3.05) is 31.1 Å². The Morgan fingerprint density at radius 2 is 2.20 bits per heavy atom. The van der Waals surface area contributed by atoms with Crippen LogP contribution in [0, 0.1) is 5.82 Å². The van der Waals surface area contributed by atoms with E-state index in [1.54, 1.807) is 6.07 Å². The predicted octanol–water partition coefficient (Wildman–Crippen LogP) is 1.88. The summed E-state index contributed by atoms with van der Waals surface area (Å²) < 4.78 is 13.3. The molecule has 3 N–H and O–H groups in total. The Morgan fingerprint density at radius 3 is 2.85 bits per heavy atom. The molecule has 1 aromatic carbocycles. The molecular formula is C13H17ClFN3OS. The average molecular weight is 318 g/mol. The summed E-state index contributed by atoms with van der Waals surface area (Å²) in [6.07, 6.45) is -0.889. The van der Waals surface area contributed by atoms with Crippen LogP contribution < -0.4 is 5.73 Å². The van der Waals surface area contributed by atoms with Crippen LogP contribution in [0.15, 0.2) is 23.2 Å². The summed E-state index contributed by atoms with van der Waals surface area (Å²) in [5.74, 6) is 1.94. The number of aliphatic hydroxyl groups excluding tert-OH is 1. The fourth-order valence-electron chi connectivity index (χ4n) is 1.90. The molecule has 1 aromatic rings. The first-order valence-electron chi connectivity index (χ1n) is 6.33. The van der Waals surface area contributed by atoms with E-state index >= 15 is 0 Å². The van der Waals surface area contributed by atoms with Crippen molar-refractivity contribution in [3.8, 4) is 0 Å². The van der Waals surface area contributed by atoms with Crippen molar-refractivity contribution in [3.05, 3.63) is 34.6 Å². The average Bonchev–Trinajstić information content (AvgIpc) is 2.48. The highest BCUT2D eigenvalue weighted by atomic mass is 35.5. The number of nitrogens with two attached hydrogens (primary N) is 1. The Labute approximate surface area is 126 Å². The van der Waals surface area contributed by atoms with Crippen molar-refractivity contribution < 1.29 is 9.50 Å². The summed E-state index contributed by atoms with van der Waals surface area (Å²) in [5.41, 5.74) is 6.33. The Hall–Kier alpha value is -0.980. The first kappa shape index (κ1) is 15.4. The second-order valence-electron chi connectivity index (χ2n) is 4.49. The van der Waals surface area contributed by atoms with Gasteiger partial charge in [0, 0.05) is 24.6 Å². The normalized spacial score (nSPS) is 18.1. The molecule has 1 heterocycles. The van der Waals surface area contributed by atoms with Crippen molar-refractivity contribution in [1.29, 1.82) is 0 Å². The van der Waals surface area contributed by atoms with E-state index in [-0.39, 0.29) is 11.6 Å². The second kappa shape index (κ2) is 7.15. The number of aliphatic imine (C=N–C) groups is 1. The number of thioether (sulfide) groups is 1. The maximum absolute atomic E-state index is 13.3.